The number of nitrogens with zero attached hydrogens (tertiary/aromatic N) is 1. The summed E-state index contributed by atoms with van der Waals surface area (Å²) in [6, 6.07) is 15.6. The van der Waals surface area contributed by atoms with E-state index < -0.39 is 6.10 Å². The second-order valence-corrected chi connectivity index (χ2v) is 6.57. The molecule has 2 rings (SSSR count). The van der Waals surface area contributed by atoms with E-state index >= 15 is 0 Å². The first-order valence-electron chi connectivity index (χ1n) is 8.72. The molecule has 5 nitrogen and oxygen atoms in total. The van der Waals surface area contributed by atoms with Crippen molar-refractivity contribution in [2.75, 3.05) is 27.7 Å². The molecule has 0 aliphatic heterocycles. The van der Waals surface area contributed by atoms with Crippen LogP contribution in [-0.4, -0.2) is 44.7 Å². The van der Waals surface area contributed by atoms with Crippen molar-refractivity contribution >= 4 is 5.91 Å². The van der Waals surface area contributed by atoms with Crippen LogP contribution in [-0.2, 0) is 4.79 Å². The third kappa shape index (κ3) is 5.49. The fourth-order valence-electron chi connectivity index (χ4n) is 2.64. The monoisotopic (exact) mass is 356 g/mol. The van der Waals surface area contributed by atoms with E-state index in [9.17, 15) is 4.79 Å². The molecule has 0 aliphatic carbocycles. The van der Waals surface area contributed by atoms with Gasteiger partial charge in [-0.1, -0.05) is 29.8 Å². The van der Waals surface area contributed by atoms with Crippen molar-refractivity contribution in [3.63, 3.8) is 0 Å². The highest BCUT2D eigenvalue weighted by Crippen LogP contribution is 2.21. The van der Waals surface area contributed by atoms with Gasteiger partial charge in [0.15, 0.2) is 6.10 Å². The maximum Gasteiger partial charge on any atom is 0.260 e. The molecule has 2 atom stereocenters. The van der Waals surface area contributed by atoms with E-state index in [2.05, 4.69) is 10.2 Å². The summed E-state index contributed by atoms with van der Waals surface area (Å²) >= 11 is 0. The van der Waals surface area contributed by atoms with Crippen LogP contribution in [0.5, 0.6) is 11.5 Å². The molecule has 0 aliphatic rings. The van der Waals surface area contributed by atoms with Gasteiger partial charge in [0.05, 0.1) is 13.2 Å². The van der Waals surface area contributed by atoms with Crippen LogP contribution in [0.25, 0.3) is 0 Å². The van der Waals surface area contributed by atoms with Crippen molar-refractivity contribution in [3.05, 3.63) is 59.7 Å². The summed E-state index contributed by atoms with van der Waals surface area (Å²) < 4.78 is 10.9. The molecule has 2 aromatic carbocycles. The van der Waals surface area contributed by atoms with Gasteiger partial charge in [-0.25, -0.2) is 0 Å². The second-order valence-electron chi connectivity index (χ2n) is 6.57. The Morgan fingerprint density at radius 2 is 1.62 bits per heavy atom. The fourth-order valence-corrected chi connectivity index (χ4v) is 2.64. The Kier molecular flexibility index (Phi) is 7.04. The SMILES string of the molecule is COc1ccc(C(CNC(=O)C(C)Oc2ccc(C)cc2)N(C)C)cc1. The smallest absolute Gasteiger partial charge is 0.260 e. The number of hydrogen-bond donors (Lipinski definition) is 1. The molecule has 0 aromatic heterocycles. The molecule has 0 saturated heterocycles. The molecule has 0 fully saturated rings. The summed E-state index contributed by atoms with van der Waals surface area (Å²) in [7, 11) is 5.63. The maximum atomic E-state index is 12.4. The predicted molar refractivity (Wildman–Crippen MR) is 104 cm³/mol. The lowest BCUT2D eigenvalue weighted by molar-refractivity contribution is -0.127. The third-order valence-electron chi connectivity index (χ3n) is 4.30. The molecule has 26 heavy (non-hydrogen) atoms. The molecule has 0 saturated carbocycles. The zero-order valence-corrected chi connectivity index (χ0v) is 16.2. The zero-order chi connectivity index (χ0) is 19.1. The predicted octanol–water partition coefficient (Wildman–Crippen LogP) is 3.19. The molecular weight excluding hydrogens is 328 g/mol. The normalized spacial score (nSPS) is 13.2. The average molecular weight is 356 g/mol. The number of hydrogen-bond acceptors (Lipinski definition) is 4. The Morgan fingerprint density at radius 1 is 1.04 bits per heavy atom. The lowest BCUT2D eigenvalue weighted by Gasteiger charge is -2.26. The lowest BCUT2D eigenvalue weighted by atomic mass is 10.1. The number of likely N-dealkylation sites (N-methyl/N-ethyl adjacent to an activating group) is 1. The van der Waals surface area contributed by atoms with E-state index in [1.165, 1.54) is 0 Å². The minimum absolute atomic E-state index is 0.0661. The van der Waals surface area contributed by atoms with Gasteiger partial charge in [-0.2, -0.15) is 0 Å². The highest BCUT2D eigenvalue weighted by Gasteiger charge is 2.19. The quantitative estimate of drug-likeness (QED) is 0.789. The summed E-state index contributed by atoms with van der Waals surface area (Å²) in [6.07, 6.45) is -0.559. The van der Waals surface area contributed by atoms with E-state index in [4.69, 9.17) is 9.47 Å². The highest BCUT2D eigenvalue weighted by molar-refractivity contribution is 5.80. The summed E-state index contributed by atoms with van der Waals surface area (Å²) in [5.41, 5.74) is 2.27. The summed E-state index contributed by atoms with van der Waals surface area (Å²) in [5.74, 6) is 1.37. The number of carbonyl (C=O) groups excluding carboxylic acids is 1. The molecule has 2 unspecified atom stereocenters. The van der Waals surface area contributed by atoms with Crippen LogP contribution in [0.3, 0.4) is 0 Å². The molecule has 5 heteroatoms. The van der Waals surface area contributed by atoms with E-state index in [0.29, 0.717) is 12.3 Å². The van der Waals surface area contributed by atoms with Crippen molar-refractivity contribution < 1.29 is 14.3 Å². The van der Waals surface area contributed by atoms with Crippen molar-refractivity contribution in [1.82, 2.24) is 10.2 Å². The molecule has 140 valence electrons. The van der Waals surface area contributed by atoms with E-state index in [1.54, 1.807) is 14.0 Å². The van der Waals surface area contributed by atoms with Gasteiger partial charge in [0.2, 0.25) is 0 Å². The van der Waals surface area contributed by atoms with Crippen LogP contribution >= 0.6 is 0 Å². The molecule has 0 heterocycles. The van der Waals surface area contributed by atoms with Crippen LogP contribution < -0.4 is 14.8 Å². The topological polar surface area (TPSA) is 50.8 Å². The summed E-state index contributed by atoms with van der Waals surface area (Å²) in [5, 5.41) is 2.99. The van der Waals surface area contributed by atoms with Crippen LogP contribution in [0.15, 0.2) is 48.5 Å². The van der Waals surface area contributed by atoms with Gasteiger partial charge in [-0.3, -0.25) is 4.79 Å². The molecule has 1 amide bonds. The molecule has 0 bridgehead atoms. The van der Waals surface area contributed by atoms with Crippen LogP contribution in [0.2, 0.25) is 0 Å². The largest absolute Gasteiger partial charge is 0.497 e. The van der Waals surface area contributed by atoms with Gasteiger partial charge in [-0.15, -0.1) is 0 Å². The van der Waals surface area contributed by atoms with E-state index in [0.717, 1.165) is 16.9 Å². The highest BCUT2D eigenvalue weighted by atomic mass is 16.5. The number of aryl methyl sites for hydroxylation is 1. The molecule has 0 spiro atoms. The summed E-state index contributed by atoms with van der Waals surface area (Å²) in [6.45, 7) is 4.27. The van der Waals surface area contributed by atoms with Gasteiger partial charge < -0.3 is 19.7 Å². The fraction of sp³-hybridized carbons (Fsp3) is 0.381. The molecule has 0 radical (unpaired) electrons. The maximum absolute atomic E-state index is 12.4. The van der Waals surface area contributed by atoms with Gasteiger partial charge >= 0.3 is 0 Å². The van der Waals surface area contributed by atoms with Crippen molar-refractivity contribution in [2.45, 2.75) is 26.0 Å². The number of amides is 1. The van der Waals surface area contributed by atoms with E-state index in [1.807, 2.05) is 69.6 Å². The third-order valence-corrected chi connectivity index (χ3v) is 4.30. The molecule has 2 aromatic rings. The second kappa shape index (κ2) is 9.25. The Labute approximate surface area is 155 Å². The number of rotatable bonds is 8. The van der Waals surface area contributed by atoms with Gasteiger partial charge in [0.25, 0.3) is 5.91 Å². The first-order valence-corrected chi connectivity index (χ1v) is 8.72. The van der Waals surface area contributed by atoms with Crippen molar-refractivity contribution in [3.8, 4) is 11.5 Å². The van der Waals surface area contributed by atoms with Gasteiger partial charge in [0.1, 0.15) is 11.5 Å². The number of methoxy groups -OCH3 is 1. The standard InChI is InChI=1S/C21H28N2O3/c1-15-6-10-19(11-7-15)26-16(2)21(24)22-14-20(23(3)4)17-8-12-18(25-5)13-9-17/h6-13,16,20H,14H2,1-5H3,(H,22,24). The van der Waals surface area contributed by atoms with Crippen molar-refractivity contribution in [1.29, 1.82) is 0 Å². The first-order chi connectivity index (χ1) is 12.4. The van der Waals surface area contributed by atoms with Gasteiger partial charge in [0, 0.05) is 6.54 Å². The average Bonchev–Trinajstić information content (AvgIpc) is 2.63. The minimum Gasteiger partial charge on any atom is -0.497 e. The van der Waals surface area contributed by atoms with E-state index in [-0.39, 0.29) is 11.9 Å². The van der Waals surface area contributed by atoms with Gasteiger partial charge in [-0.05, 0) is 57.8 Å². The lowest BCUT2D eigenvalue weighted by Crippen LogP contribution is -2.41. The minimum atomic E-state index is -0.559. The van der Waals surface area contributed by atoms with Crippen LogP contribution in [0.4, 0.5) is 0 Å². The molecular formula is C21H28N2O3. The number of ether oxygens (including phenoxy) is 2. The van der Waals surface area contributed by atoms with Crippen molar-refractivity contribution in [2.24, 2.45) is 0 Å². The number of carbonyl (C=O) groups is 1. The Bertz CT molecular complexity index is 696. The van der Waals surface area contributed by atoms with Crippen LogP contribution in [0, 0.1) is 6.92 Å². The van der Waals surface area contributed by atoms with Crippen LogP contribution in [0.1, 0.15) is 24.1 Å². The Hall–Kier alpha value is -2.53. The molecule has 1 N–H and O–H groups in total. The first kappa shape index (κ1) is 19.8. The zero-order valence-electron chi connectivity index (χ0n) is 16.2. The summed E-state index contributed by atoms with van der Waals surface area (Å²) in [4.78, 5) is 14.5. The number of benzene rings is 2. The Balaban J connectivity index is 1.94. The number of nitrogens with one attached hydrogen (secondary N) is 1. The Morgan fingerprint density at radius 3 is 2.15 bits per heavy atom.